The van der Waals surface area contributed by atoms with Gasteiger partial charge in [-0.05, 0) is 18.2 Å². The van der Waals surface area contributed by atoms with E-state index in [1.54, 1.807) is 12.1 Å². The van der Waals surface area contributed by atoms with Gasteiger partial charge in [0.25, 0.3) is 5.69 Å². The highest BCUT2D eigenvalue weighted by Crippen LogP contribution is 2.20. The summed E-state index contributed by atoms with van der Waals surface area (Å²) >= 11 is 0. The van der Waals surface area contributed by atoms with Crippen molar-refractivity contribution in [1.82, 2.24) is 4.98 Å². The van der Waals surface area contributed by atoms with E-state index in [1.807, 2.05) is 36.4 Å². The smallest absolute Gasteiger partial charge is 0.273 e. The predicted octanol–water partition coefficient (Wildman–Crippen LogP) is 3.72. The Hall–Kier alpha value is -2.95. The fraction of sp³-hybridized carbons (Fsp3) is 0.0625. The van der Waals surface area contributed by atoms with Gasteiger partial charge in [0, 0.05) is 11.5 Å². The van der Waals surface area contributed by atoms with Crippen LogP contribution in [0, 0.1) is 10.1 Å². The van der Waals surface area contributed by atoms with Crippen LogP contribution in [0.2, 0.25) is 0 Å². The Morgan fingerprint density at radius 1 is 1.05 bits per heavy atom. The van der Waals surface area contributed by atoms with Crippen LogP contribution in [-0.2, 0) is 6.61 Å². The summed E-state index contributed by atoms with van der Waals surface area (Å²) in [5, 5.41) is 11.8. The van der Waals surface area contributed by atoms with Crippen molar-refractivity contribution in [1.29, 1.82) is 0 Å². The molecule has 0 unspecified atom stereocenters. The minimum absolute atomic E-state index is 0.0129. The first-order valence-corrected chi connectivity index (χ1v) is 6.44. The lowest BCUT2D eigenvalue weighted by molar-refractivity contribution is -0.384. The second-order valence-electron chi connectivity index (χ2n) is 4.54. The second-order valence-corrected chi connectivity index (χ2v) is 4.54. The highest BCUT2D eigenvalue weighted by atomic mass is 16.6. The number of aromatic nitrogens is 1. The molecule has 21 heavy (non-hydrogen) atoms. The lowest BCUT2D eigenvalue weighted by Crippen LogP contribution is -1.99. The van der Waals surface area contributed by atoms with Crippen molar-refractivity contribution >= 4 is 16.6 Å². The van der Waals surface area contributed by atoms with Crippen molar-refractivity contribution in [2.75, 3.05) is 0 Å². The van der Waals surface area contributed by atoms with E-state index < -0.39 is 4.92 Å². The number of nitro benzene ring substituents is 1. The quantitative estimate of drug-likeness (QED) is 0.539. The number of hydrogen-bond donors (Lipinski definition) is 0. The van der Waals surface area contributed by atoms with Gasteiger partial charge in [-0.3, -0.25) is 10.1 Å². The van der Waals surface area contributed by atoms with E-state index in [-0.39, 0.29) is 12.3 Å². The number of hydrogen-bond acceptors (Lipinski definition) is 4. The molecule has 0 N–H and O–H groups in total. The van der Waals surface area contributed by atoms with Gasteiger partial charge in [-0.25, -0.2) is 4.98 Å². The second kappa shape index (κ2) is 5.58. The summed E-state index contributed by atoms with van der Waals surface area (Å²) in [5.41, 5.74) is 1.69. The zero-order valence-electron chi connectivity index (χ0n) is 11.1. The van der Waals surface area contributed by atoms with Crippen molar-refractivity contribution in [3.8, 4) is 5.75 Å². The van der Waals surface area contributed by atoms with E-state index in [1.165, 1.54) is 12.1 Å². The van der Waals surface area contributed by atoms with Gasteiger partial charge in [0.2, 0.25) is 0 Å². The molecule has 0 fully saturated rings. The number of nitrogens with zero attached hydrogens (tertiary/aromatic N) is 2. The molecule has 5 nitrogen and oxygen atoms in total. The number of pyridine rings is 1. The Kier molecular flexibility index (Phi) is 3.47. The number of benzene rings is 2. The van der Waals surface area contributed by atoms with E-state index in [4.69, 9.17) is 4.74 Å². The standard InChI is InChI=1S/C16H12N2O3/c19-18(20)14-5-3-6-15(10-14)21-11-13-9-8-12-4-1-2-7-16(12)17-13/h1-10H,11H2. The van der Waals surface area contributed by atoms with Gasteiger partial charge >= 0.3 is 0 Å². The third-order valence-corrected chi connectivity index (χ3v) is 3.07. The Morgan fingerprint density at radius 3 is 2.76 bits per heavy atom. The maximum atomic E-state index is 10.7. The van der Waals surface area contributed by atoms with Crippen molar-refractivity contribution in [2.45, 2.75) is 6.61 Å². The van der Waals surface area contributed by atoms with Gasteiger partial charge in [0.15, 0.2) is 0 Å². The fourth-order valence-corrected chi connectivity index (χ4v) is 2.03. The first kappa shape index (κ1) is 13.1. The van der Waals surface area contributed by atoms with Crippen LogP contribution >= 0.6 is 0 Å². The molecule has 5 heteroatoms. The minimum atomic E-state index is -0.443. The molecule has 0 radical (unpaired) electrons. The van der Waals surface area contributed by atoms with Gasteiger partial charge in [0.1, 0.15) is 12.4 Å². The number of nitro groups is 1. The summed E-state index contributed by atoms with van der Waals surface area (Å²) in [6, 6.07) is 17.8. The Bertz CT molecular complexity index is 802. The normalized spacial score (nSPS) is 10.5. The molecule has 0 saturated carbocycles. The molecule has 0 aliphatic rings. The lowest BCUT2D eigenvalue weighted by atomic mass is 10.2. The first-order chi connectivity index (χ1) is 10.2. The molecule has 0 aliphatic carbocycles. The van der Waals surface area contributed by atoms with Crippen molar-refractivity contribution in [3.63, 3.8) is 0 Å². The van der Waals surface area contributed by atoms with Crippen LogP contribution < -0.4 is 4.74 Å². The number of fused-ring (bicyclic) bond motifs is 1. The summed E-state index contributed by atoms with van der Waals surface area (Å²) in [4.78, 5) is 14.8. The summed E-state index contributed by atoms with van der Waals surface area (Å²) in [7, 11) is 0. The van der Waals surface area contributed by atoms with E-state index in [2.05, 4.69) is 4.98 Å². The zero-order chi connectivity index (χ0) is 14.7. The monoisotopic (exact) mass is 280 g/mol. The van der Waals surface area contributed by atoms with Crippen LogP contribution in [0.5, 0.6) is 5.75 Å². The van der Waals surface area contributed by atoms with Gasteiger partial charge in [-0.2, -0.15) is 0 Å². The van der Waals surface area contributed by atoms with Gasteiger partial charge < -0.3 is 4.74 Å². The molecule has 2 aromatic carbocycles. The zero-order valence-corrected chi connectivity index (χ0v) is 11.1. The maximum Gasteiger partial charge on any atom is 0.273 e. The Balaban J connectivity index is 1.77. The maximum absolute atomic E-state index is 10.7. The minimum Gasteiger partial charge on any atom is -0.487 e. The average molecular weight is 280 g/mol. The van der Waals surface area contributed by atoms with E-state index in [0.717, 1.165) is 16.6 Å². The van der Waals surface area contributed by atoms with Crippen LogP contribution in [0.25, 0.3) is 10.9 Å². The molecule has 0 atom stereocenters. The third kappa shape index (κ3) is 2.97. The largest absolute Gasteiger partial charge is 0.487 e. The van der Waals surface area contributed by atoms with E-state index in [9.17, 15) is 10.1 Å². The lowest BCUT2D eigenvalue weighted by Gasteiger charge is -2.06. The van der Waals surface area contributed by atoms with Crippen molar-refractivity contribution < 1.29 is 9.66 Å². The van der Waals surface area contributed by atoms with Crippen LogP contribution in [-0.4, -0.2) is 9.91 Å². The Labute approximate surface area is 121 Å². The first-order valence-electron chi connectivity index (χ1n) is 6.44. The Morgan fingerprint density at radius 2 is 1.90 bits per heavy atom. The number of para-hydroxylation sites is 1. The van der Waals surface area contributed by atoms with Crippen molar-refractivity contribution in [2.24, 2.45) is 0 Å². The molecule has 0 aliphatic heterocycles. The molecular formula is C16H12N2O3. The summed E-state index contributed by atoms with van der Waals surface area (Å²) in [6.45, 7) is 0.270. The van der Waals surface area contributed by atoms with Gasteiger partial charge in [-0.15, -0.1) is 0 Å². The fourth-order valence-electron chi connectivity index (χ4n) is 2.03. The van der Waals surface area contributed by atoms with Gasteiger partial charge in [-0.1, -0.05) is 30.3 Å². The van der Waals surface area contributed by atoms with Gasteiger partial charge in [0.05, 0.1) is 22.2 Å². The predicted molar refractivity (Wildman–Crippen MR) is 79.2 cm³/mol. The van der Waals surface area contributed by atoms with Crippen LogP contribution in [0.1, 0.15) is 5.69 Å². The summed E-state index contributed by atoms with van der Waals surface area (Å²) in [5.74, 6) is 0.458. The number of ether oxygens (including phenoxy) is 1. The molecule has 3 rings (SSSR count). The van der Waals surface area contributed by atoms with Crippen LogP contribution in [0.15, 0.2) is 60.7 Å². The molecule has 3 aromatic rings. The molecule has 0 bridgehead atoms. The van der Waals surface area contributed by atoms with Crippen molar-refractivity contribution in [3.05, 3.63) is 76.5 Å². The number of rotatable bonds is 4. The molecule has 104 valence electrons. The SMILES string of the molecule is O=[N+]([O-])c1cccc(OCc2ccc3ccccc3n2)c1. The molecular weight excluding hydrogens is 268 g/mol. The summed E-state index contributed by atoms with van der Waals surface area (Å²) < 4.78 is 5.56. The average Bonchev–Trinajstić information content (AvgIpc) is 2.53. The summed E-state index contributed by atoms with van der Waals surface area (Å²) in [6.07, 6.45) is 0. The highest BCUT2D eigenvalue weighted by Gasteiger charge is 2.06. The highest BCUT2D eigenvalue weighted by molar-refractivity contribution is 5.78. The molecule has 1 heterocycles. The topological polar surface area (TPSA) is 65.3 Å². The third-order valence-electron chi connectivity index (χ3n) is 3.07. The molecule has 0 saturated heterocycles. The van der Waals surface area contributed by atoms with Crippen LogP contribution in [0.4, 0.5) is 5.69 Å². The molecule has 0 spiro atoms. The molecule has 1 aromatic heterocycles. The van der Waals surface area contributed by atoms with E-state index >= 15 is 0 Å². The van der Waals surface area contributed by atoms with E-state index in [0.29, 0.717) is 5.75 Å². The molecule has 0 amide bonds. The number of non-ortho nitro benzene ring substituents is 1. The van der Waals surface area contributed by atoms with Crippen LogP contribution in [0.3, 0.4) is 0 Å².